The summed E-state index contributed by atoms with van der Waals surface area (Å²) in [4.78, 5) is 29.0. The van der Waals surface area contributed by atoms with E-state index in [-0.39, 0.29) is 17.9 Å². The van der Waals surface area contributed by atoms with Crippen molar-refractivity contribution in [1.82, 2.24) is 24.9 Å². The van der Waals surface area contributed by atoms with E-state index in [4.69, 9.17) is 0 Å². The van der Waals surface area contributed by atoms with Crippen LogP contribution in [0.25, 0.3) is 5.69 Å². The van der Waals surface area contributed by atoms with Crippen molar-refractivity contribution < 1.29 is 9.59 Å². The molecule has 4 rings (SSSR count). The molecule has 0 saturated carbocycles. The van der Waals surface area contributed by atoms with E-state index in [9.17, 15) is 9.59 Å². The Morgan fingerprint density at radius 1 is 1.03 bits per heavy atom. The normalized spacial score (nSPS) is 19.4. The SMILES string of the molecule is O=C(NCCc1cnn(-c2ccccc2)c1)C1CCCN(C(=O)N2CCCC2)C1. The number of carbonyl (C=O) groups excluding carboxylic acids is 2. The van der Waals surface area contributed by atoms with Crippen LogP contribution in [0.2, 0.25) is 0 Å². The third-order valence-electron chi connectivity index (χ3n) is 5.81. The van der Waals surface area contributed by atoms with Gasteiger partial charge in [0.05, 0.1) is 17.8 Å². The second kappa shape index (κ2) is 9.11. The second-order valence-corrected chi connectivity index (χ2v) is 7.93. The van der Waals surface area contributed by atoms with Gasteiger partial charge in [0.1, 0.15) is 0 Å². The number of piperidine rings is 1. The van der Waals surface area contributed by atoms with Gasteiger partial charge in [0.2, 0.25) is 5.91 Å². The second-order valence-electron chi connectivity index (χ2n) is 7.93. The molecule has 0 aliphatic carbocycles. The summed E-state index contributed by atoms with van der Waals surface area (Å²) in [5.74, 6) is -0.0540. The van der Waals surface area contributed by atoms with Crippen LogP contribution >= 0.6 is 0 Å². The molecule has 1 N–H and O–H groups in total. The minimum atomic E-state index is -0.109. The highest BCUT2D eigenvalue weighted by atomic mass is 16.2. The van der Waals surface area contributed by atoms with E-state index in [1.54, 1.807) is 0 Å². The van der Waals surface area contributed by atoms with Gasteiger partial charge in [-0.25, -0.2) is 9.48 Å². The summed E-state index contributed by atoms with van der Waals surface area (Å²) < 4.78 is 1.85. The zero-order chi connectivity index (χ0) is 20.1. The fourth-order valence-corrected chi connectivity index (χ4v) is 4.16. The average molecular weight is 396 g/mol. The van der Waals surface area contributed by atoms with Crippen molar-refractivity contribution >= 4 is 11.9 Å². The van der Waals surface area contributed by atoms with E-state index in [0.717, 1.165) is 63.0 Å². The number of likely N-dealkylation sites (tertiary alicyclic amines) is 2. The van der Waals surface area contributed by atoms with Crippen LogP contribution in [-0.2, 0) is 11.2 Å². The number of hydrogen-bond donors (Lipinski definition) is 1. The molecule has 2 saturated heterocycles. The zero-order valence-electron chi connectivity index (χ0n) is 16.8. The molecule has 1 atom stereocenters. The van der Waals surface area contributed by atoms with E-state index in [1.165, 1.54) is 0 Å². The molecule has 2 aliphatic heterocycles. The lowest BCUT2D eigenvalue weighted by atomic mass is 9.97. The fourth-order valence-electron chi connectivity index (χ4n) is 4.16. The minimum absolute atomic E-state index is 0.0550. The van der Waals surface area contributed by atoms with Crippen LogP contribution in [0.3, 0.4) is 0 Å². The Balaban J connectivity index is 1.24. The molecule has 0 bridgehead atoms. The van der Waals surface area contributed by atoms with Crippen LogP contribution in [0.4, 0.5) is 4.79 Å². The predicted molar refractivity (Wildman–Crippen MR) is 111 cm³/mol. The van der Waals surface area contributed by atoms with Crippen molar-refractivity contribution in [3.8, 4) is 5.69 Å². The molecule has 7 nitrogen and oxygen atoms in total. The summed E-state index contributed by atoms with van der Waals surface area (Å²) >= 11 is 0. The monoisotopic (exact) mass is 395 g/mol. The molecule has 7 heteroatoms. The topological polar surface area (TPSA) is 70.5 Å². The summed E-state index contributed by atoms with van der Waals surface area (Å²) in [6.45, 7) is 3.58. The van der Waals surface area contributed by atoms with E-state index in [0.29, 0.717) is 13.1 Å². The van der Waals surface area contributed by atoms with Crippen molar-refractivity contribution in [2.24, 2.45) is 5.92 Å². The number of para-hydroxylation sites is 1. The van der Waals surface area contributed by atoms with E-state index >= 15 is 0 Å². The molecule has 2 aromatic rings. The molecule has 3 heterocycles. The molecule has 2 fully saturated rings. The lowest BCUT2D eigenvalue weighted by molar-refractivity contribution is -0.126. The van der Waals surface area contributed by atoms with Gasteiger partial charge in [-0.3, -0.25) is 4.79 Å². The highest BCUT2D eigenvalue weighted by molar-refractivity contribution is 5.81. The van der Waals surface area contributed by atoms with Gasteiger partial charge in [-0.05, 0) is 49.8 Å². The van der Waals surface area contributed by atoms with Crippen LogP contribution < -0.4 is 5.32 Å². The minimum Gasteiger partial charge on any atom is -0.355 e. The molecular weight excluding hydrogens is 366 g/mol. The van der Waals surface area contributed by atoms with E-state index in [1.807, 2.05) is 57.2 Å². The number of nitrogens with one attached hydrogen (secondary N) is 1. The maximum Gasteiger partial charge on any atom is 0.320 e. The standard InChI is InChI=1S/C22H29N5O2/c28-21(19-7-6-14-26(17-19)22(29)25-12-4-5-13-25)23-11-10-18-15-24-27(16-18)20-8-2-1-3-9-20/h1-3,8-9,15-16,19H,4-7,10-14,17H2,(H,23,28). The molecule has 1 aromatic carbocycles. The van der Waals surface area contributed by atoms with Crippen LogP contribution in [0.1, 0.15) is 31.2 Å². The Bertz CT molecular complexity index is 829. The molecule has 0 spiro atoms. The van der Waals surface area contributed by atoms with Crippen molar-refractivity contribution in [2.75, 3.05) is 32.7 Å². The molecule has 0 radical (unpaired) electrons. The smallest absolute Gasteiger partial charge is 0.320 e. The number of hydrogen-bond acceptors (Lipinski definition) is 3. The molecule has 1 aromatic heterocycles. The lowest BCUT2D eigenvalue weighted by Gasteiger charge is -2.34. The van der Waals surface area contributed by atoms with Gasteiger partial charge in [0.15, 0.2) is 0 Å². The molecule has 2 aliphatic rings. The number of carbonyl (C=O) groups is 2. The average Bonchev–Trinajstić information content (AvgIpc) is 3.46. The third-order valence-corrected chi connectivity index (χ3v) is 5.81. The quantitative estimate of drug-likeness (QED) is 0.845. The van der Waals surface area contributed by atoms with Gasteiger partial charge < -0.3 is 15.1 Å². The fraction of sp³-hybridized carbons (Fsp3) is 0.500. The maximum atomic E-state index is 12.6. The molecule has 1 unspecified atom stereocenters. The summed E-state index contributed by atoms with van der Waals surface area (Å²) in [6, 6.07) is 10.1. The Hall–Kier alpha value is -2.83. The Morgan fingerprint density at radius 2 is 1.79 bits per heavy atom. The first kappa shape index (κ1) is 19.5. The Labute approximate surface area is 171 Å². The van der Waals surface area contributed by atoms with Gasteiger partial charge in [-0.1, -0.05) is 18.2 Å². The van der Waals surface area contributed by atoms with Gasteiger partial charge in [0.25, 0.3) is 0 Å². The summed E-state index contributed by atoms with van der Waals surface area (Å²) in [7, 11) is 0. The van der Waals surface area contributed by atoms with E-state index in [2.05, 4.69) is 10.4 Å². The van der Waals surface area contributed by atoms with Crippen molar-refractivity contribution in [2.45, 2.75) is 32.1 Å². The van der Waals surface area contributed by atoms with Crippen LogP contribution in [-0.4, -0.2) is 64.2 Å². The largest absolute Gasteiger partial charge is 0.355 e. The van der Waals surface area contributed by atoms with Crippen molar-refractivity contribution in [1.29, 1.82) is 0 Å². The van der Waals surface area contributed by atoms with Gasteiger partial charge >= 0.3 is 6.03 Å². The first-order valence-corrected chi connectivity index (χ1v) is 10.6. The number of amides is 3. The Kier molecular flexibility index (Phi) is 6.12. The number of aromatic nitrogens is 2. The highest BCUT2D eigenvalue weighted by Crippen LogP contribution is 2.20. The lowest BCUT2D eigenvalue weighted by Crippen LogP contribution is -2.49. The van der Waals surface area contributed by atoms with Gasteiger partial charge in [0, 0.05) is 38.9 Å². The number of rotatable bonds is 5. The predicted octanol–water partition coefficient (Wildman–Crippen LogP) is 2.46. The summed E-state index contributed by atoms with van der Waals surface area (Å²) in [6.07, 6.45) is 8.49. The molecule has 29 heavy (non-hydrogen) atoms. The number of nitrogens with zero attached hydrogens (tertiary/aromatic N) is 4. The van der Waals surface area contributed by atoms with Crippen molar-refractivity contribution in [3.63, 3.8) is 0 Å². The van der Waals surface area contributed by atoms with Crippen LogP contribution in [0.5, 0.6) is 0 Å². The first-order valence-electron chi connectivity index (χ1n) is 10.6. The molecular formula is C22H29N5O2. The third kappa shape index (κ3) is 4.78. The van der Waals surface area contributed by atoms with Gasteiger partial charge in [-0.15, -0.1) is 0 Å². The molecule has 154 valence electrons. The van der Waals surface area contributed by atoms with Crippen LogP contribution in [0, 0.1) is 5.92 Å². The number of benzene rings is 1. The number of urea groups is 1. The first-order chi connectivity index (χ1) is 14.2. The van der Waals surface area contributed by atoms with Crippen molar-refractivity contribution in [3.05, 3.63) is 48.3 Å². The maximum absolute atomic E-state index is 12.6. The Morgan fingerprint density at radius 3 is 2.59 bits per heavy atom. The summed E-state index contributed by atoms with van der Waals surface area (Å²) in [5.41, 5.74) is 2.11. The highest BCUT2D eigenvalue weighted by Gasteiger charge is 2.31. The van der Waals surface area contributed by atoms with Crippen LogP contribution in [0.15, 0.2) is 42.7 Å². The molecule has 3 amide bonds. The zero-order valence-corrected chi connectivity index (χ0v) is 16.8. The van der Waals surface area contributed by atoms with E-state index < -0.39 is 0 Å². The summed E-state index contributed by atoms with van der Waals surface area (Å²) in [5, 5.41) is 7.45. The van der Waals surface area contributed by atoms with Gasteiger partial charge in [-0.2, -0.15) is 5.10 Å².